The molecule has 8 nitrogen and oxygen atoms in total. The largest absolute Gasteiger partial charge is 0.497 e. The maximum Gasteiger partial charge on any atom is 0.272 e. The number of thioether (sulfide) groups is 1. The average molecular weight is 649 g/mol. The van der Waals surface area contributed by atoms with Gasteiger partial charge in [-0.1, -0.05) is 72.3 Å². The zero-order valence-corrected chi connectivity index (χ0v) is 26.2. The Bertz CT molecular complexity index is 1830. The number of nitrogens with zero attached hydrogens (tertiary/aromatic N) is 1. The summed E-state index contributed by atoms with van der Waals surface area (Å²) in [5, 5.41) is 8.35. The van der Waals surface area contributed by atoms with Crippen LogP contribution in [0.4, 0.5) is 11.5 Å². The first-order chi connectivity index (χ1) is 22.4. The van der Waals surface area contributed by atoms with Gasteiger partial charge in [-0.15, -0.1) is 11.8 Å². The Hall–Kier alpha value is -5.38. The maximum atomic E-state index is 13.5. The summed E-state index contributed by atoms with van der Waals surface area (Å²) in [7, 11) is 1.56. The van der Waals surface area contributed by atoms with E-state index in [1.54, 1.807) is 86.0 Å². The molecule has 230 valence electrons. The third-order valence-corrected chi connectivity index (χ3v) is 8.11. The standard InChI is InChI=1S/C36H29ClN4O4S/c1-45-29-14-8-9-24(21-29)22-31(40-34(42)26-12-6-3-7-13-26)35(43)39-28-16-18-30(19-17-28)46-33(25-10-4-2-5-11-25)36(44)41-32-20-15-27(37)23-38-32/h2-23,33H,1H3,(H,39,43)(H,40,42)(H,38,41,44)/b31-22-. The van der Waals surface area contributed by atoms with Crippen molar-refractivity contribution in [3.8, 4) is 5.75 Å². The molecule has 0 aliphatic carbocycles. The summed E-state index contributed by atoms with van der Waals surface area (Å²) in [5.74, 6) is -0.167. The highest BCUT2D eigenvalue weighted by Crippen LogP contribution is 2.36. The van der Waals surface area contributed by atoms with Gasteiger partial charge >= 0.3 is 0 Å². The van der Waals surface area contributed by atoms with E-state index in [1.807, 2.05) is 48.5 Å². The molecule has 0 radical (unpaired) electrons. The van der Waals surface area contributed by atoms with E-state index in [4.69, 9.17) is 16.3 Å². The van der Waals surface area contributed by atoms with Crippen molar-refractivity contribution in [2.45, 2.75) is 10.1 Å². The van der Waals surface area contributed by atoms with Gasteiger partial charge in [0.25, 0.3) is 11.8 Å². The zero-order chi connectivity index (χ0) is 32.3. The van der Waals surface area contributed by atoms with Crippen LogP contribution in [0.25, 0.3) is 6.08 Å². The molecule has 0 fully saturated rings. The number of carbonyl (C=O) groups is 3. The smallest absolute Gasteiger partial charge is 0.272 e. The molecule has 0 saturated heterocycles. The molecule has 0 aliphatic heterocycles. The van der Waals surface area contributed by atoms with Gasteiger partial charge < -0.3 is 20.7 Å². The molecule has 3 N–H and O–H groups in total. The molecular formula is C36H29ClN4O4S. The normalized spacial score (nSPS) is 11.7. The van der Waals surface area contributed by atoms with Crippen LogP contribution in [0.15, 0.2) is 138 Å². The predicted molar refractivity (Wildman–Crippen MR) is 183 cm³/mol. The van der Waals surface area contributed by atoms with Crippen LogP contribution in [0.5, 0.6) is 5.75 Å². The second-order valence-electron chi connectivity index (χ2n) is 9.89. The number of pyridine rings is 1. The van der Waals surface area contributed by atoms with Crippen LogP contribution in [0, 0.1) is 0 Å². The van der Waals surface area contributed by atoms with Crippen LogP contribution in [0.3, 0.4) is 0 Å². The van der Waals surface area contributed by atoms with E-state index in [1.165, 1.54) is 18.0 Å². The molecule has 1 aromatic heterocycles. The number of benzene rings is 4. The summed E-state index contributed by atoms with van der Waals surface area (Å²) < 4.78 is 5.31. The van der Waals surface area contributed by atoms with E-state index >= 15 is 0 Å². The lowest BCUT2D eigenvalue weighted by atomic mass is 10.1. The number of ether oxygens (including phenoxy) is 1. The highest BCUT2D eigenvalue weighted by molar-refractivity contribution is 8.00. The number of nitrogens with one attached hydrogen (secondary N) is 3. The molecule has 5 aromatic rings. The number of methoxy groups -OCH3 is 1. The summed E-state index contributed by atoms with van der Waals surface area (Å²) in [6, 6.07) is 35.6. The molecule has 0 spiro atoms. The Morgan fingerprint density at radius 3 is 2.22 bits per heavy atom. The summed E-state index contributed by atoms with van der Waals surface area (Å²) in [6.07, 6.45) is 3.06. The van der Waals surface area contributed by atoms with Crippen LogP contribution in [-0.4, -0.2) is 29.8 Å². The molecule has 1 heterocycles. The number of hydrogen-bond donors (Lipinski definition) is 3. The average Bonchev–Trinajstić information content (AvgIpc) is 3.09. The number of carbonyl (C=O) groups excluding carboxylic acids is 3. The van der Waals surface area contributed by atoms with Crippen molar-refractivity contribution in [1.29, 1.82) is 0 Å². The minimum absolute atomic E-state index is 0.0529. The molecular weight excluding hydrogens is 620 g/mol. The van der Waals surface area contributed by atoms with E-state index in [0.29, 0.717) is 33.4 Å². The van der Waals surface area contributed by atoms with Gasteiger partial charge in [-0.05, 0) is 77.9 Å². The topological polar surface area (TPSA) is 109 Å². The van der Waals surface area contributed by atoms with Crippen molar-refractivity contribution in [2.24, 2.45) is 0 Å². The van der Waals surface area contributed by atoms with E-state index in [2.05, 4.69) is 20.9 Å². The maximum absolute atomic E-state index is 13.5. The fourth-order valence-corrected chi connectivity index (χ4v) is 5.47. The first-order valence-corrected chi connectivity index (χ1v) is 15.4. The van der Waals surface area contributed by atoms with E-state index in [9.17, 15) is 14.4 Å². The fraction of sp³-hybridized carbons (Fsp3) is 0.0556. The summed E-state index contributed by atoms with van der Waals surface area (Å²) in [5.41, 5.74) is 2.46. The molecule has 1 atom stereocenters. The van der Waals surface area contributed by atoms with Gasteiger partial charge in [-0.2, -0.15) is 0 Å². The summed E-state index contributed by atoms with van der Waals surface area (Å²) >= 11 is 7.30. The molecule has 10 heteroatoms. The molecule has 3 amide bonds. The van der Waals surface area contributed by atoms with Crippen molar-refractivity contribution in [3.63, 3.8) is 0 Å². The third-order valence-electron chi connectivity index (χ3n) is 6.62. The highest BCUT2D eigenvalue weighted by Gasteiger charge is 2.23. The lowest BCUT2D eigenvalue weighted by Crippen LogP contribution is -2.30. The van der Waals surface area contributed by atoms with Crippen molar-refractivity contribution < 1.29 is 19.1 Å². The van der Waals surface area contributed by atoms with Gasteiger partial charge in [0.1, 0.15) is 22.5 Å². The number of aromatic nitrogens is 1. The van der Waals surface area contributed by atoms with Crippen molar-refractivity contribution in [3.05, 3.63) is 155 Å². The predicted octanol–water partition coefficient (Wildman–Crippen LogP) is 7.63. The Morgan fingerprint density at radius 2 is 1.54 bits per heavy atom. The Balaban J connectivity index is 1.33. The third kappa shape index (κ3) is 8.84. The van der Waals surface area contributed by atoms with Crippen LogP contribution in [0.1, 0.15) is 26.7 Å². The second-order valence-corrected chi connectivity index (χ2v) is 11.5. The van der Waals surface area contributed by atoms with Gasteiger partial charge in [-0.25, -0.2) is 4.98 Å². The Kier molecular flexibility index (Phi) is 10.8. The van der Waals surface area contributed by atoms with Crippen LogP contribution >= 0.6 is 23.4 Å². The van der Waals surface area contributed by atoms with E-state index in [0.717, 1.165) is 10.5 Å². The Labute approximate surface area is 275 Å². The summed E-state index contributed by atoms with van der Waals surface area (Å²) in [6.45, 7) is 0. The SMILES string of the molecule is COc1cccc(/C=C(\NC(=O)c2ccccc2)C(=O)Nc2ccc(SC(C(=O)Nc3ccc(Cl)cn3)c3ccccc3)cc2)c1. The minimum Gasteiger partial charge on any atom is -0.497 e. The molecule has 0 aliphatic rings. The van der Waals surface area contributed by atoms with Crippen molar-refractivity contribution in [1.82, 2.24) is 10.3 Å². The first kappa shape index (κ1) is 32.0. The Morgan fingerprint density at radius 1 is 0.826 bits per heavy atom. The van der Waals surface area contributed by atoms with Crippen molar-refractivity contribution in [2.75, 3.05) is 17.7 Å². The quantitative estimate of drug-likeness (QED) is 0.100. The molecule has 0 bridgehead atoms. The minimum atomic E-state index is -0.579. The monoisotopic (exact) mass is 648 g/mol. The lowest BCUT2D eigenvalue weighted by Gasteiger charge is -2.17. The lowest BCUT2D eigenvalue weighted by molar-refractivity contribution is -0.116. The van der Waals surface area contributed by atoms with Gasteiger partial charge in [0, 0.05) is 22.3 Å². The van der Waals surface area contributed by atoms with Gasteiger partial charge in [0.15, 0.2) is 0 Å². The van der Waals surface area contributed by atoms with Gasteiger partial charge in [-0.3, -0.25) is 14.4 Å². The van der Waals surface area contributed by atoms with E-state index in [-0.39, 0.29) is 11.6 Å². The molecule has 5 rings (SSSR count). The van der Waals surface area contributed by atoms with Crippen LogP contribution < -0.4 is 20.7 Å². The molecule has 4 aromatic carbocycles. The number of anilines is 2. The first-order valence-electron chi connectivity index (χ1n) is 14.2. The summed E-state index contributed by atoms with van der Waals surface area (Å²) in [4.78, 5) is 44.8. The fourth-order valence-electron chi connectivity index (χ4n) is 4.33. The van der Waals surface area contributed by atoms with Gasteiger partial charge in [0.05, 0.1) is 12.1 Å². The molecule has 46 heavy (non-hydrogen) atoms. The van der Waals surface area contributed by atoms with Crippen LogP contribution in [0.2, 0.25) is 5.02 Å². The number of rotatable bonds is 11. The zero-order valence-electron chi connectivity index (χ0n) is 24.6. The highest BCUT2D eigenvalue weighted by atomic mass is 35.5. The molecule has 1 unspecified atom stereocenters. The van der Waals surface area contributed by atoms with E-state index < -0.39 is 17.1 Å². The van der Waals surface area contributed by atoms with Gasteiger partial charge in [0.2, 0.25) is 5.91 Å². The van der Waals surface area contributed by atoms with Crippen LogP contribution in [-0.2, 0) is 9.59 Å². The second kappa shape index (κ2) is 15.6. The number of halogens is 1. The van der Waals surface area contributed by atoms with Crippen molar-refractivity contribution >= 4 is 58.7 Å². The molecule has 0 saturated carbocycles. The number of amides is 3. The number of hydrogen-bond acceptors (Lipinski definition) is 6.